The smallest absolute Gasteiger partial charge is 0.226 e. The van der Waals surface area contributed by atoms with Crippen LogP contribution in [0.25, 0.3) is 0 Å². The zero-order valence-electron chi connectivity index (χ0n) is 14.3. The number of nitrogens with one attached hydrogen (secondary N) is 1. The molecule has 1 heterocycles. The molecule has 0 radical (unpaired) electrons. The number of hydrogen-bond donors (Lipinski definition) is 1. The van der Waals surface area contributed by atoms with E-state index in [1.807, 2.05) is 0 Å². The Morgan fingerprint density at radius 2 is 1.85 bits per heavy atom. The van der Waals surface area contributed by atoms with Crippen molar-refractivity contribution in [2.45, 2.75) is 13.3 Å². The monoisotopic (exact) mass is 358 g/mol. The summed E-state index contributed by atoms with van der Waals surface area (Å²) in [5.41, 5.74) is 0.728. The predicted molar refractivity (Wildman–Crippen MR) is 95.1 cm³/mol. The van der Waals surface area contributed by atoms with Crippen LogP contribution >= 0.6 is 0 Å². The summed E-state index contributed by atoms with van der Waals surface area (Å²) < 4.78 is 24.6. The third-order valence-corrected chi connectivity index (χ3v) is 3.93. The molecule has 2 aromatic rings. The van der Waals surface area contributed by atoms with E-state index in [0.717, 1.165) is 0 Å². The molecule has 0 fully saturated rings. The molecule has 1 N–H and O–H groups in total. The van der Waals surface area contributed by atoms with Gasteiger partial charge in [0.15, 0.2) is 11.5 Å². The number of nitrogens with zero attached hydrogens (tertiary/aromatic N) is 1. The van der Waals surface area contributed by atoms with Gasteiger partial charge in [-0.1, -0.05) is 12.1 Å². The van der Waals surface area contributed by atoms with Crippen molar-refractivity contribution in [3.63, 3.8) is 0 Å². The summed E-state index contributed by atoms with van der Waals surface area (Å²) in [7, 11) is 0. The van der Waals surface area contributed by atoms with E-state index >= 15 is 0 Å². The van der Waals surface area contributed by atoms with Crippen molar-refractivity contribution in [3.05, 3.63) is 48.3 Å². The number of carbonyl (C=O) groups excluding carboxylic acids is 2. The van der Waals surface area contributed by atoms with E-state index in [2.05, 4.69) is 5.32 Å². The van der Waals surface area contributed by atoms with E-state index in [1.54, 1.807) is 30.3 Å². The molecule has 26 heavy (non-hydrogen) atoms. The van der Waals surface area contributed by atoms with Gasteiger partial charge in [-0.2, -0.15) is 0 Å². The normalized spacial score (nSPS) is 12.4. The largest absolute Gasteiger partial charge is 0.486 e. The lowest BCUT2D eigenvalue weighted by Crippen LogP contribution is -2.32. The highest BCUT2D eigenvalue weighted by Crippen LogP contribution is 2.34. The van der Waals surface area contributed by atoms with Gasteiger partial charge in [-0.05, 0) is 24.3 Å². The zero-order valence-corrected chi connectivity index (χ0v) is 14.3. The first-order chi connectivity index (χ1) is 12.5. The molecule has 0 spiro atoms. The Kier molecular flexibility index (Phi) is 5.36. The van der Waals surface area contributed by atoms with Crippen molar-refractivity contribution in [1.82, 2.24) is 0 Å². The summed E-state index contributed by atoms with van der Waals surface area (Å²) in [6, 6.07) is 11.1. The number of para-hydroxylation sites is 1. The van der Waals surface area contributed by atoms with Crippen molar-refractivity contribution >= 4 is 23.2 Å². The van der Waals surface area contributed by atoms with E-state index in [-0.39, 0.29) is 30.5 Å². The van der Waals surface area contributed by atoms with Gasteiger partial charge in [0.2, 0.25) is 11.8 Å². The average molecular weight is 358 g/mol. The number of halogens is 1. The molecule has 136 valence electrons. The van der Waals surface area contributed by atoms with Gasteiger partial charge in [0.05, 0.1) is 5.69 Å². The van der Waals surface area contributed by atoms with E-state index in [0.29, 0.717) is 30.4 Å². The molecule has 0 saturated carbocycles. The SMILES string of the molecule is CC(=O)N(CCC(=O)Nc1ccccc1F)c1ccc2c(c1)OCCO2. The molecule has 2 amide bonds. The van der Waals surface area contributed by atoms with E-state index in [1.165, 1.54) is 24.0 Å². The lowest BCUT2D eigenvalue weighted by atomic mass is 10.2. The molecule has 0 saturated heterocycles. The van der Waals surface area contributed by atoms with Crippen LogP contribution in [0.2, 0.25) is 0 Å². The van der Waals surface area contributed by atoms with Gasteiger partial charge in [0.1, 0.15) is 19.0 Å². The average Bonchev–Trinajstić information content (AvgIpc) is 2.63. The topological polar surface area (TPSA) is 67.9 Å². The molecular formula is C19H19FN2O4. The first-order valence-electron chi connectivity index (χ1n) is 8.27. The summed E-state index contributed by atoms with van der Waals surface area (Å²) in [4.78, 5) is 25.6. The van der Waals surface area contributed by atoms with Gasteiger partial charge in [0, 0.05) is 31.6 Å². The van der Waals surface area contributed by atoms with Crippen LogP contribution in [-0.2, 0) is 9.59 Å². The van der Waals surface area contributed by atoms with Gasteiger partial charge in [0.25, 0.3) is 0 Å². The maximum atomic E-state index is 13.6. The van der Waals surface area contributed by atoms with Crippen molar-refractivity contribution < 1.29 is 23.5 Å². The number of anilines is 2. The second kappa shape index (κ2) is 7.86. The highest BCUT2D eigenvalue weighted by molar-refractivity contribution is 5.95. The summed E-state index contributed by atoms with van der Waals surface area (Å²) in [6.07, 6.45) is 0.0301. The van der Waals surface area contributed by atoms with E-state index in [4.69, 9.17) is 9.47 Å². The number of carbonyl (C=O) groups is 2. The second-order valence-electron chi connectivity index (χ2n) is 5.78. The van der Waals surface area contributed by atoms with Crippen LogP contribution in [0.1, 0.15) is 13.3 Å². The molecule has 7 heteroatoms. The molecule has 0 atom stereocenters. The third-order valence-electron chi connectivity index (χ3n) is 3.93. The second-order valence-corrected chi connectivity index (χ2v) is 5.78. The Hall–Kier alpha value is -3.09. The quantitative estimate of drug-likeness (QED) is 0.892. The van der Waals surface area contributed by atoms with Crippen LogP contribution in [0.5, 0.6) is 11.5 Å². The molecule has 0 bridgehead atoms. The lowest BCUT2D eigenvalue weighted by Gasteiger charge is -2.24. The lowest BCUT2D eigenvalue weighted by molar-refractivity contribution is -0.117. The minimum Gasteiger partial charge on any atom is -0.486 e. The fourth-order valence-electron chi connectivity index (χ4n) is 2.66. The highest BCUT2D eigenvalue weighted by Gasteiger charge is 2.18. The minimum absolute atomic E-state index is 0.0301. The fraction of sp³-hybridized carbons (Fsp3) is 0.263. The first kappa shape index (κ1) is 17.7. The van der Waals surface area contributed by atoms with Gasteiger partial charge < -0.3 is 19.7 Å². The van der Waals surface area contributed by atoms with Crippen LogP contribution in [0, 0.1) is 5.82 Å². The van der Waals surface area contributed by atoms with Crippen LogP contribution in [0.4, 0.5) is 15.8 Å². The van der Waals surface area contributed by atoms with Crippen LogP contribution in [0.15, 0.2) is 42.5 Å². The summed E-state index contributed by atoms with van der Waals surface area (Å²) in [6.45, 7) is 2.52. The number of amides is 2. The summed E-state index contributed by atoms with van der Waals surface area (Å²) in [5.74, 6) is 0.104. The predicted octanol–water partition coefficient (Wildman–Crippen LogP) is 2.98. The zero-order chi connectivity index (χ0) is 18.5. The Bertz CT molecular complexity index is 825. The number of benzene rings is 2. The summed E-state index contributed by atoms with van der Waals surface area (Å²) in [5, 5.41) is 2.51. The Morgan fingerprint density at radius 3 is 2.58 bits per heavy atom. The molecule has 6 nitrogen and oxygen atoms in total. The van der Waals surface area contributed by atoms with Crippen molar-refractivity contribution in [2.75, 3.05) is 30.0 Å². The van der Waals surface area contributed by atoms with Crippen LogP contribution in [0.3, 0.4) is 0 Å². The van der Waals surface area contributed by atoms with Gasteiger partial charge >= 0.3 is 0 Å². The van der Waals surface area contributed by atoms with Crippen LogP contribution in [-0.4, -0.2) is 31.6 Å². The van der Waals surface area contributed by atoms with Gasteiger partial charge in [-0.25, -0.2) is 4.39 Å². The molecule has 1 aliphatic heterocycles. The number of hydrogen-bond acceptors (Lipinski definition) is 4. The van der Waals surface area contributed by atoms with E-state index in [9.17, 15) is 14.0 Å². The molecule has 3 rings (SSSR count). The van der Waals surface area contributed by atoms with Gasteiger partial charge in [-0.15, -0.1) is 0 Å². The molecule has 2 aromatic carbocycles. The third kappa shape index (κ3) is 4.11. The fourth-order valence-corrected chi connectivity index (χ4v) is 2.66. The Labute approximate surface area is 150 Å². The van der Waals surface area contributed by atoms with Crippen molar-refractivity contribution in [1.29, 1.82) is 0 Å². The highest BCUT2D eigenvalue weighted by atomic mass is 19.1. The summed E-state index contributed by atoms with van der Waals surface area (Å²) >= 11 is 0. The standard InChI is InChI=1S/C19H19FN2O4/c1-13(23)22(14-6-7-17-18(12-14)26-11-10-25-17)9-8-19(24)21-16-5-3-2-4-15(16)20/h2-7,12H,8-11H2,1H3,(H,21,24). The first-order valence-corrected chi connectivity index (χ1v) is 8.27. The molecule has 1 aliphatic rings. The maximum absolute atomic E-state index is 13.6. The molecular weight excluding hydrogens is 339 g/mol. The number of rotatable bonds is 5. The Balaban J connectivity index is 1.66. The number of ether oxygens (including phenoxy) is 2. The maximum Gasteiger partial charge on any atom is 0.226 e. The van der Waals surface area contributed by atoms with Crippen molar-refractivity contribution in [3.8, 4) is 11.5 Å². The molecule has 0 aromatic heterocycles. The molecule has 0 aliphatic carbocycles. The Morgan fingerprint density at radius 1 is 1.12 bits per heavy atom. The minimum atomic E-state index is -0.504. The number of fused-ring (bicyclic) bond motifs is 1. The van der Waals surface area contributed by atoms with E-state index < -0.39 is 5.82 Å². The van der Waals surface area contributed by atoms with Crippen molar-refractivity contribution in [2.24, 2.45) is 0 Å². The molecule has 0 unspecified atom stereocenters. The van der Waals surface area contributed by atoms with Crippen LogP contribution < -0.4 is 19.7 Å². The van der Waals surface area contributed by atoms with Gasteiger partial charge in [-0.3, -0.25) is 9.59 Å².